The second-order valence-electron chi connectivity index (χ2n) is 3.35. The maximum absolute atomic E-state index is 11.0. The summed E-state index contributed by atoms with van der Waals surface area (Å²) in [7, 11) is 0. The molecule has 0 heterocycles. The van der Waals surface area contributed by atoms with Gasteiger partial charge in [-0.15, -0.1) is 0 Å². The molecule has 11 heteroatoms. The number of carbonyl (C=O) groups is 4. The minimum absolute atomic E-state index is 0. The van der Waals surface area contributed by atoms with E-state index in [1.807, 2.05) is 0 Å². The van der Waals surface area contributed by atoms with Crippen LogP contribution in [0.3, 0.4) is 0 Å². The Morgan fingerprint density at radius 3 is 1.48 bits per heavy atom. The van der Waals surface area contributed by atoms with Gasteiger partial charge >= 0.3 is 17.9 Å². The molecular weight excluding hydrogens is 290 g/mol. The van der Waals surface area contributed by atoms with Gasteiger partial charge in [0.1, 0.15) is 16.9 Å². The minimum atomic E-state index is -1.85. The summed E-state index contributed by atoms with van der Waals surface area (Å²) in [5, 5.41) is 36.0. The third kappa shape index (κ3) is 3.43. The molecule has 0 atom stereocenters. The van der Waals surface area contributed by atoms with Crippen molar-refractivity contribution in [3.63, 3.8) is 0 Å². The number of hydrogen-bond acceptors (Lipinski definition) is 7. The molecule has 0 radical (unpaired) electrons. The zero-order valence-corrected chi connectivity index (χ0v) is 10.5. The Kier molecular flexibility index (Phi) is 6.55. The quantitative estimate of drug-likeness (QED) is 0.389. The average molecular weight is 303 g/mol. The van der Waals surface area contributed by atoms with Crippen molar-refractivity contribution in [2.45, 2.75) is 0 Å². The molecule has 1 aromatic rings. The van der Waals surface area contributed by atoms with Gasteiger partial charge in [0.25, 0.3) is 0 Å². The van der Waals surface area contributed by atoms with Gasteiger partial charge < -0.3 is 38.5 Å². The maximum Gasteiger partial charge on any atom is 0.340 e. The number of primary amides is 1. The molecule has 21 heavy (non-hydrogen) atoms. The maximum atomic E-state index is 11.0. The number of carboxylic acid groups (broad SMARTS) is 3. The van der Waals surface area contributed by atoms with E-state index >= 15 is 0 Å². The van der Waals surface area contributed by atoms with Gasteiger partial charge in [-0.2, -0.15) is 0 Å². The third-order valence-corrected chi connectivity index (χ3v) is 2.22. The fourth-order valence-electron chi connectivity index (χ4n) is 1.46. The van der Waals surface area contributed by atoms with Crippen LogP contribution in [0.15, 0.2) is 6.07 Å². The summed E-state index contributed by atoms with van der Waals surface area (Å²) < 4.78 is 0. The molecule has 0 saturated heterocycles. The highest BCUT2D eigenvalue weighted by atomic mass is 16.4. The first-order valence-electron chi connectivity index (χ1n) is 4.58. The van der Waals surface area contributed by atoms with Gasteiger partial charge in [-0.25, -0.2) is 14.4 Å². The van der Waals surface area contributed by atoms with Gasteiger partial charge in [0.15, 0.2) is 0 Å². The van der Waals surface area contributed by atoms with Crippen LogP contribution in [0.25, 0.3) is 0 Å². The summed E-state index contributed by atoms with van der Waals surface area (Å²) in [5.41, 5.74) is 0.933. The van der Waals surface area contributed by atoms with Gasteiger partial charge in [-0.05, 0) is 6.07 Å². The Labute approximate surface area is 116 Å². The highest BCUT2D eigenvalue weighted by Gasteiger charge is 2.30. The van der Waals surface area contributed by atoms with Crippen LogP contribution >= 0.6 is 0 Å². The van der Waals surface area contributed by atoms with E-state index in [0.717, 1.165) is 0 Å². The molecule has 11 nitrogen and oxygen atoms in total. The number of carbonyl (C=O) groups excluding carboxylic acids is 1. The number of hydrogen-bond donors (Lipinski definition) is 7. The molecule has 1 aromatic carbocycles. The summed E-state index contributed by atoms with van der Waals surface area (Å²) >= 11 is 0. The first kappa shape index (κ1) is 20.1. The van der Waals surface area contributed by atoms with E-state index < -0.39 is 51.8 Å². The highest BCUT2D eigenvalue weighted by molar-refractivity contribution is 6.13. The van der Waals surface area contributed by atoms with Crippen LogP contribution < -0.4 is 18.0 Å². The lowest BCUT2D eigenvalue weighted by molar-refractivity contribution is 0.0643. The molecule has 1 rings (SSSR count). The summed E-state index contributed by atoms with van der Waals surface area (Å²) in [6.45, 7) is 0. The molecule has 0 unspecified atom stereocenters. The number of benzene rings is 1. The number of aromatic carboxylic acids is 3. The monoisotopic (exact) mass is 303 g/mol. The fraction of sp³-hybridized carbons (Fsp3) is 0. The van der Waals surface area contributed by atoms with Gasteiger partial charge in [-0.1, -0.05) is 0 Å². The Bertz CT molecular complexity index is 575. The van der Waals surface area contributed by atoms with Crippen LogP contribution in [0.5, 0.6) is 5.75 Å². The summed E-state index contributed by atoms with van der Waals surface area (Å²) in [6, 6.07) is 0.497. The van der Waals surface area contributed by atoms with Crippen LogP contribution in [-0.2, 0) is 0 Å². The molecule has 0 aliphatic heterocycles. The second-order valence-corrected chi connectivity index (χ2v) is 3.35. The topological polar surface area (TPSA) is 245 Å². The largest absolute Gasteiger partial charge is 0.506 e. The first-order valence-corrected chi connectivity index (χ1v) is 4.58. The van der Waals surface area contributed by atoms with E-state index in [4.69, 9.17) is 21.1 Å². The predicted octanol–water partition coefficient (Wildman–Crippen LogP) is -0.0903. The first-order chi connectivity index (χ1) is 8.68. The van der Waals surface area contributed by atoms with E-state index in [9.17, 15) is 24.3 Å². The molecule has 1 amide bonds. The van der Waals surface area contributed by atoms with Crippen LogP contribution in [0.2, 0.25) is 0 Å². The lowest BCUT2D eigenvalue weighted by Crippen LogP contribution is -2.20. The van der Waals surface area contributed by atoms with E-state index in [1.165, 1.54) is 0 Å². The summed E-state index contributed by atoms with van der Waals surface area (Å²) in [4.78, 5) is 43.7. The Balaban J connectivity index is 0. The van der Waals surface area contributed by atoms with Crippen LogP contribution in [0.4, 0.5) is 0 Å². The Hall–Kier alpha value is -3.18. The molecule has 0 bridgehead atoms. The standard InChI is InChI=1S/C10H7NO8.2H3N/c11-7(13)2-1-3(8(14)15)5(10(18)19)6(12)4(2)9(16)17;;/h1,12H,(H2,11,13)(H,14,15)(H,16,17)(H,18,19);2*1H3. The number of amides is 1. The van der Waals surface area contributed by atoms with Crippen molar-refractivity contribution < 1.29 is 39.6 Å². The number of carboxylic acids is 3. The third-order valence-electron chi connectivity index (χ3n) is 2.22. The second kappa shape index (κ2) is 6.83. The van der Waals surface area contributed by atoms with Crippen molar-refractivity contribution >= 4 is 23.8 Å². The van der Waals surface area contributed by atoms with Crippen molar-refractivity contribution in [1.82, 2.24) is 12.3 Å². The molecular formula is C10H13N3O8. The van der Waals surface area contributed by atoms with Gasteiger partial charge in [0, 0.05) is 0 Å². The van der Waals surface area contributed by atoms with E-state index in [1.54, 1.807) is 0 Å². The summed E-state index contributed by atoms with van der Waals surface area (Å²) in [6.07, 6.45) is 0. The number of rotatable bonds is 4. The van der Waals surface area contributed by atoms with Gasteiger partial charge in [-0.3, -0.25) is 4.79 Å². The van der Waals surface area contributed by atoms with Crippen molar-refractivity contribution in [3.05, 3.63) is 28.3 Å². The van der Waals surface area contributed by atoms with Crippen molar-refractivity contribution in [2.75, 3.05) is 0 Å². The van der Waals surface area contributed by atoms with Crippen LogP contribution in [-0.4, -0.2) is 44.2 Å². The fourth-order valence-corrected chi connectivity index (χ4v) is 1.46. The molecule has 0 aromatic heterocycles. The molecule has 0 aliphatic carbocycles. The number of phenols is 1. The number of nitrogens with two attached hydrogens (primary N) is 1. The highest BCUT2D eigenvalue weighted by Crippen LogP contribution is 2.30. The zero-order chi connectivity index (χ0) is 14.9. The Morgan fingerprint density at radius 2 is 1.19 bits per heavy atom. The van der Waals surface area contributed by atoms with E-state index in [0.29, 0.717) is 6.07 Å². The Morgan fingerprint density at radius 1 is 0.810 bits per heavy atom. The average Bonchev–Trinajstić information content (AvgIpc) is 2.25. The predicted molar refractivity (Wildman–Crippen MR) is 67.5 cm³/mol. The normalized spacial score (nSPS) is 8.95. The SMILES string of the molecule is N.N.NC(=O)c1cc(C(=O)O)c(C(=O)O)c(O)c1C(=O)O. The smallest absolute Gasteiger partial charge is 0.340 e. The molecule has 0 fully saturated rings. The molecule has 116 valence electrons. The van der Waals surface area contributed by atoms with Crippen molar-refractivity contribution in [1.29, 1.82) is 0 Å². The molecule has 0 aliphatic rings. The minimum Gasteiger partial charge on any atom is -0.506 e. The van der Waals surface area contributed by atoms with Gasteiger partial charge in [0.2, 0.25) is 5.91 Å². The van der Waals surface area contributed by atoms with E-state index in [2.05, 4.69) is 0 Å². The zero-order valence-electron chi connectivity index (χ0n) is 10.5. The van der Waals surface area contributed by atoms with Gasteiger partial charge in [0.05, 0.1) is 11.1 Å². The molecule has 0 spiro atoms. The molecule has 0 saturated carbocycles. The van der Waals surface area contributed by atoms with Crippen LogP contribution in [0, 0.1) is 0 Å². The van der Waals surface area contributed by atoms with Crippen molar-refractivity contribution in [2.24, 2.45) is 5.73 Å². The number of aromatic hydroxyl groups is 1. The lowest BCUT2D eigenvalue weighted by atomic mass is 9.96. The molecule has 12 N–H and O–H groups in total. The van der Waals surface area contributed by atoms with Crippen LogP contribution in [0.1, 0.15) is 41.4 Å². The lowest BCUT2D eigenvalue weighted by Gasteiger charge is -2.10. The summed E-state index contributed by atoms with van der Waals surface area (Å²) in [5.74, 6) is -8.08. The van der Waals surface area contributed by atoms with E-state index in [-0.39, 0.29) is 12.3 Å². The van der Waals surface area contributed by atoms with Crippen molar-refractivity contribution in [3.8, 4) is 5.75 Å².